The van der Waals surface area contributed by atoms with E-state index in [0.717, 1.165) is 11.1 Å². The van der Waals surface area contributed by atoms with Crippen LogP contribution >= 0.6 is 0 Å². The molecule has 0 saturated carbocycles. The smallest absolute Gasteiger partial charge is 0.0574 e. The minimum atomic E-state index is -1.07. The highest BCUT2D eigenvalue weighted by Gasteiger charge is 2.08. The van der Waals surface area contributed by atoms with Crippen LogP contribution < -0.4 is 0 Å². The van der Waals surface area contributed by atoms with E-state index in [2.05, 4.69) is 6.58 Å². The molecule has 0 spiro atoms. The van der Waals surface area contributed by atoms with Gasteiger partial charge >= 0.3 is 0 Å². The van der Waals surface area contributed by atoms with Crippen molar-refractivity contribution in [1.82, 2.24) is 0 Å². The van der Waals surface area contributed by atoms with Gasteiger partial charge in [0.25, 0.3) is 0 Å². The fourth-order valence-corrected chi connectivity index (χ4v) is 2.75. The highest BCUT2D eigenvalue weighted by molar-refractivity contribution is 7.93. The molecule has 92 valence electrons. The van der Waals surface area contributed by atoms with Gasteiger partial charge in [0.05, 0.1) is 16.6 Å². The van der Waals surface area contributed by atoms with Crippen molar-refractivity contribution in [3.63, 3.8) is 0 Å². The molecule has 0 N–H and O–H groups in total. The summed E-state index contributed by atoms with van der Waals surface area (Å²) in [5, 5.41) is 0. The van der Waals surface area contributed by atoms with E-state index in [0.29, 0.717) is 10.7 Å². The van der Waals surface area contributed by atoms with Gasteiger partial charge in [0, 0.05) is 4.91 Å². The molecular formula is C16H16OS. The molecule has 0 aliphatic carbocycles. The molecule has 1 nitrogen and oxygen atoms in total. The zero-order chi connectivity index (χ0) is 13.0. The van der Waals surface area contributed by atoms with Gasteiger partial charge in [-0.05, 0) is 18.1 Å². The summed E-state index contributed by atoms with van der Waals surface area (Å²) in [6, 6.07) is 17.8. The van der Waals surface area contributed by atoms with Crippen LogP contribution in [0.1, 0.15) is 16.7 Å². The first-order valence-corrected chi connectivity index (χ1v) is 7.17. The summed E-state index contributed by atoms with van der Waals surface area (Å²) in [6.45, 7) is 5.98. The molecule has 2 aromatic rings. The Morgan fingerprint density at radius 3 is 2.28 bits per heavy atom. The molecule has 0 saturated heterocycles. The first-order valence-electron chi connectivity index (χ1n) is 5.85. The lowest BCUT2D eigenvalue weighted by Gasteiger charge is -2.06. The average Bonchev–Trinajstić information content (AvgIpc) is 2.41. The SMILES string of the molecule is C=C(c1ccccc1)[S@@](=O)Cc1ccc(C)cc1. The van der Waals surface area contributed by atoms with Gasteiger partial charge in [0.2, 0.25) is 0 Å². The zero-order valence-electron chi connectivity index (χ0n) is 10.4. The van der Waals surface area contributed by atoms with E-state index in [1.807, 2.05) is 61.5 Å². The average molecular weight is 256 g/mol. The molecule has 0 aliphatic heterocycles. The third-order valence-electron chi connectivity index (χ3n) is 2.79. The minimum Gasteiger partial charge on any atom is -0.254 e. The highest BCUT2D eigenvalue weighted by Crippen LogP contribution is 2.19. The van der Waals surface area contributed by atoms with Crippen molar-refractivity contribution in [2.45, 2.75) is 12.7 Å². The Morgan fingerprint density at radius 2 is 1.67 bits per heavy atom. The second kappa shape index (κ2) is 5.78. The molecule has 2 aromatic carbocycles. The number of hydrogen-bond acceptors (Lipinski definition) is 1. The summed E-state index contributed by atoms with van der Waals surface area (Å²) < 4.78 is 12.2. The number of rotatable bonds is 4. The molecular weight excluding hydrogens is 240 g/mol. The molecule has 2 rings (SSSR count). The van der Waals surface area contributed by atoms with Gasteiger partial charge in [-0.15, -0.1) is 0 Å². The van der Waals surface area contributed by atoms with E-state index in [1.165, 1.54) is 5.56 Å². The summed E-state index contributed by atoms with van der Waals surface area (Å²) in [6.07, 6.45) is 0. The van der Waals surface area contributed by atoms with Crippen molar-refractivity contribution < 1.29 is 4.21 Å². The molecule has 18 heavy (non-hydrogen) atoms. The van der Waals surface area contributed by atoms with Crippen molar-refractivity contribution in [1.29, 1.82) is 0 Å². The molecule has 0 radical (unpaired) electrons. The molecule has 2 heteroatoms. The maximum absolute atomic E-state index is 12.2. The Morgan fingerprint density at radius 1 is 1.06 bits per heavy atom. The monoisotopic (exact) mass is 256 g/mol. The molecule has 0 aromatic heterocycles. The maximum Gasteiger partial charge on any atom is 0.0574 e. The Hall–Kier alpha value is -1.67. The fourth-order valence-electron chi connectivity index (χ4n) is 1.68. The van der Waals surface area contributed by atoms with Crippen molar-refractivity contribution in [3.05, 3.63) is 77.9 Å². The van der Waals surface area contributed by atoms with Crippen molar-refractivity contribution in [3.8, 4) is 0 Å². The van der Waals surface area contributed by atoms with Crippen LogP contribution in [0.4, 0.5) is 0 Å². The van der Waals surface area contributed by atoms with Crippen LogP contribution in [-0.2, 0) is 16.6 Å². The summed E-state index contributed by atoms with van der Waals surface area (Å²) >= 11 is 0. The van der Waals surface area contributed by atoms with Crippen molar-refractivity contribution in [2.75, 3.05) is 0 Å². The van der Waals surface area contributed by atoms with Gasteiger partial charge in [-0.25, -0.2) is 0 Å². The predicted octanol–water partition coefficient (Wildman–Crippen LogP) is 3.91. The Labute approximate surface area is 111 Å². The lowest BCUT2D eigenvalue weighted by atomic mass is 10.2. The lowest BCUT2D eigenvalue weighted by Crippen LogP contribution is -1.97. The predicted molar refractivity (Wildman–Crippen MR) is 78.5 cm³/mol. The second-order valence-corrected chi connectivity index (χ2v) is 5.74. The van der Waals surface area contributed by atoms with Crippen LogP contribution in [0.15, 0.2) is 61.2 Å². The number of hydrogen-bond donors (Lipinski definition) is 0. The second-order valence-electron chi connectivity index (χ2n) is 4.26. The van der Waals surface area contributed by atoms with Crippen molar-refractivity contribution >= 4 is 15.7 Å². The standard InChI is InChI=1S/C16H16OS/c1-13-8-10-15(11-9-13)12-18(17)14(2)16-6-4-3-5-7-16/h3-11H,2,12H2,1H3/t18-/m0/s1. The minimum absolute atomic E-state index is 0.522. The third kappa shape index (κ3) is 3.17. The fraction of sp³-hybridized carbons (Fsp3) is 0.125. The van der Waals surface area contributed by atoms with Crippen molar-refractivity contribution in [2.24, 2.45) is 0 Å². The van der Waals surface area contributed by atoms with Crippen LogP contribution in [0.3, 0.4) is 0 Å². The van der Waals surface area contributed by atoms with E-state index < -0.39 is 10.8 Å². The van der Waals surface area contributed by atoms with Gasteiger partial charge in [0.1, 0.15) is 0 Å². The molecule has 1 atom stereocenters. The normalized spacial score (nSPS) is 12.1. The first-order chi connectivity index (χ1) is 8.66. The van der Waals surface area contributed by atoms with Gasteiger partial charge in [-0.1, -0.05) is 66.7 Å². The summed E-state index contributed by atoms with van der Waals surface area (Å²) in [5.41, 5.74) is 3.24. The zero-order valence-corrected chi connectivity index (χ0v) is 11.2. The summed E-state index contributed by atoms with van der Waals surface area (Å²) in [4.78, 5) is 0.691. The quantitative estimate of drug-likeness (QED) is 0.810. The van der Waals surface area contributed by atoms with Gasteiger partial charge in [-0.3, -0.25) is 4.21 Å². The summed E-state index contributed by atoms with van der Waals surface area (Å²) in [5.74, 6) is 0.522. The van der Waals surface area contributed by atoms with E-state index in [-0.39, 0.29) is 0 Å². The summed E-state index contributed by atoms with van der Waals surface area (Å²) in [7, 11) is -1.07. The number of benzene rings is 2. The molecule has 0 heterocycles. The Bertz CT molecular complexity index is 555. The Balaban J connectivity index is 2.09. The van der Waals surface area contributed by atoms with Crippen LogP contribution in [0.5, 0.6) is 0 Å². The van der Waals surface area contributed by atoms with E-state index in [9.17, 15) is 4.21 Å². The molecule has 0 amide bonds. The van der Waals surface area contributed by atoms with Crippen LogP contribution in [0.25, 0.3) is 4.91 Å². The maximum atomic E-state index is 12.2. The van der Waals surface area contributed by atoms with E-state index in [4.69, 9.17) is 0 Å². The van der Waals surface area contributed by atoms with Crippen LogP contribution in [-0.4, -0.2) is 4.21 Å². The number of aryl methyl sites for hydroxylation is 1. The molecule has 0 bridgehead atoms. The lowest BCUT2D eigenvalue weighted by molar-refractivity contribution is 0.688. The molecule has 0 aliphatic rings. The highest BCUT2D eigenvalue weighted by atomic mass is 32.2. The van der Waals surface area contributed by atoms with Gasteiger partial charge < -0.3 is 0 Å². The topological polar surface area (TPSA) is 17.1 Å². The largest absolute Gasteiger partial charge is 0.254 e. The van der Waals surface area contributed by atoms with E-state index >= 15 is 0 Å². The van der Waals surface area contributed by atoms with Crippen LogP contribution in [0.2, 0.25) is 0 Å². The van der Waals surface area contributed by atoms with Gasteiger partial charge in [-0.2, -0.15) is 0 Å². The van der Waals surface area contributed by atoms with Gasteiger partial charge in [0.15, 0.2) is 0 Å². The third-order valence-corrected chi connectivity index (χ3v) is 4.17. The first kappa shape index (κ1) is 12.8. The molecule has 0 unspecified atom stereocenters. The van der Waals surface area contributed by atoms with E-state index in [1.54, 1.807) is 0 Å². The Kier molecular flexibility index (Phi) is 4.11. The molecule has 0 fully saturated rings. The van der Waals surface area contributed by atoms with Crippen LogP contribution in [0, 0.1) is 6.92 Å².